The average Bonchev–Trinajstić information content (AvgIpc) is 2.47. The van der Waals surface area contributed by atoms with Crippen LogP contribution in [-0.4, -0.2) is 0 Å². The van der Waals surface area contributed by atoms with E-state index >= 15 is 0 Å². The molecule has 0 bridgehead atoms. The average molecular weight is 256 g/mol. The van der Waals surface area contributed by atoms with Crippen molar-refractivity contribution in [3.05, 3.63) is 71.5 Å². The zero-order valence-electron chi connectivity index (χ0n) is 11.7. The van der Waals surface area contributed by atoms with Crippen LogP contribution in [-0.2, 0) is 5.41 Å². The van der Waals surface area contributed by atoms with E-state index in [2.05, 4.69) is 38.1 Å². The molecule has 19 heavy (non-hydrogen) atoms. The molecule has 0 aromatic heterocycles. The summed E-state index contributed by atoms with van der Waals surface area (Å²) in [6.07, 6.45) is 3.22. The van der Waals surface area contributed by atoms with Crippen LogP contribution >= 0.6 is 0 Å². The predicted molar refractivity (Wildman–Crippen MR) is 78.8 cm³/mol. The highest BCUT2D eigenvalue weighted by Gasteiger charge is 2.31. The van der Waals surface area contributed by atoms with Crippen LogP contribution in [0.1, 0.15) is 44.2 Å². The summed E-state index contributed by atoms with van der Waals surface area (Å²) in [5.74, 6) is -0.168. The molecule has 2 aromatic rings. The number of halogens is 1. The Bertz CT molecular complexity index is 501. The second-order valence-electron chi connectivity index (χ2n) is 5.06. The van der Waals surface area contributed by atoms with Gasteiger partial charge in [-0.25, -0.2) is 4.39 Å². The Balaban J connectivity index is 2.54. The van der Waals surface area contributed by atoms with E-state index in [9.17, 15) is 4.39 Å². The van der Waals surface area contributed by atoms with Crippen molar-refractivity contribution in [2.45, 2.75) is 38.5 Å². The van der Waals surface area contributed by atoms with Crippen molar-refractivity contribution >= 4 is 0 Å². The normalized spacial score (nSPS) is 14.1. The molecule has 0 N–H and O–H groups in total. The first-order valence-electron chi connectivity index (χ1n) is 7.04. The predicted octanol–water partition coefficient (Wildman–Crippen LogP) is 5.32. The van der Waals surface area contributed by atoms with E-state index in [1.165, 1.54) is 11.1 Å². The quantitative estimate of drug-likeness (QED) is 0.679. The third-order valence-electron chi connectivity index (χ3n) is 4.00. The van der Waals surface area contributed by atoms with Crippen molar-refractivity contribution in [2.24, 2.45) is 0 Å². The SMILES string of the molecule is CCCC(CC)(c1ccccc1)c1ccc(F)cc1. The Morgan fingerprint density at radius 2 is 1.42 bits per heavy atom. The van der Waals surface area contributed by atoms with Crippen LogP contribution in [0.3, 0.4) is 0 Å². The van der Waals surface area contributed by atoms with Crippen molar-refractivity contribution in [3.8, 4) is 0 Å². The van der Waals surface area contributed by atoms with Gasteiger partial charge in [0.1, 0.15) is 5.82 Å². The fraction of sp³-hybridized carbons (Fsp3) is 0.333. The van der Waals surface area contributed by atoms with E-state index in [1.807, 2.05) is 18.2 Å². The van der Waals surface area contributed by atoms with Crippen LogP contribution in [0.25, 0.3) is 0 Å². The van der Waals surface area contributed by atoms with E-state index in [0.29, 0.717) is 0 Å². The van der Waals surface area contributed by atoms with Gasteiger partial charge in [0.15, 0.2) is 0 Å². The molecule has 0 fully saturated rings. The molecule has 100 valence electrons. The monoisotopic (exact) mass is 256 g/mol. The van der Waals surface area contributed by atoms with Gasteiger partial charge < -0.3 is 0 Å². The molecule has 1 unspecified atom stereocenters. The number of benzene rings is 2. The third kappa shape index (κ3) is 2.70. The summed E-state index contributed by atoms with van der Waals surface area (Å²) in [5, 5.41) is 0. The molecule has 0 saturated carbocycles. The molecule has 0 aliphatic carbocycles. The summed E-state index contributed by atoms with van der Waals surface area (Å²) >= 11 is 0. The lowest BCUT2D eigenvalue weighted by Gasteiger charge is -2.34. The Morgan fingerprint density at radius 3 is 1.95 bits per heavy atom. The second-order valence-corrected chi connectivity index (χ2v) is 5.06. The fourth-order valence-electron chi connectivity index (χ4n) is 2.99. The van der Waals surface area contributed by atoms with Crippen LogP contribution in [0.15, 0.2) is 54.6 Å². The van der Waals surface area contributed by atoms with Crippen molar-refractivity contribution in [1.82, 2.24) is 0 Å². The topological polar surface area (TPSA) is 0 Å². The van der Waals surface area contributed by atoms with Crippen molar-refractivity contribution in [2.75, 3.05) is 0 Å². The Morgan fingerprint density at radius 1 is 0.842 bits per heavy atom. The summed E-state index contributed by atoms with van der Waals surface area (Å²) in [6, 6.07) is 17.6. The molecule has 1 atom stereocenters. The van der Waals surface area contributed by atoms with E-state index in [1.54, 1.807) is 12.1 Å². The highest BCUT2D eigenvalue weighted by Crippen LogP contribution is 2.39. The third-order valence-corrected chi connectivity index (χ3v) is 4.00. The summed E-state index contributed by atoms with van der Waals surface area (Å²) in [7, 11) is 0. The zero-order valence-corrected chi connectivity index (χ0v) is 11.7. The highest BCUT2D eigenvalue weighted by molar-refractivity contribution is 5.39. The van der Waals surface area contributed by atoms with Gasteiger partial charge in [-0.2, -0.15) is 0 Å². The summed E-state index contributed by atoms with van der Waals surface area (Å²) in [5.41, 5.74) is 2.54. The zero-order chi connectivity index (χ0) is 13.7. The molecule has 0 aliphatic heterocycles. The lowest BCUT2D eigenvalue weighted by Crippen LogP contribution is -2.26. The minimum atomic E-state index is -0.168. The molecule has 1 heteroatoms. The van der Waals surface area contributed by atoms with E-state index in [0.717, 1.165) is 19.3 Å². The van der Waals surface area contributed by atoms with Crippen molar-refractivity contribution in [3.63, 3.8) is 0 Å². The molecular formula is C18H21F. The lowest BCUT2D eigenvalue weighted by atomic mass is 9.69. The molecule has 0 nitrogen and oxygen atoms in total. The molecule has 0 heterocycles. The molecule has 0 amide bonds. The largest absolute Gasteiger partial charge is 0.207 e. The van der Waals surface area contributed by atoms with Gasteiger partial charge in [-0.05, 0) is 36.1 Å². The molecule has 0 aliphatic rings. The minimum Gasteiger partial charge on any atom is -0.207 e. The van der Waals surface area contributed by atoms with Crippen LogP contribution in [0, 0.1) is 5.82 Å². The smallest absolute Gasteiger partial charge is 0.123 e. The van der Waals surface area contributed by atoms with Gasteiger partial charge in [0.05, 0.1) is 0 Å². The van der Waals surface area contributed by atoms with Crippen molar-refractivity contribution < 1.29 is 4.39 Å². The summed E-state index contributed by atoms with van der Waals surface area (Å²) in [4.78, 5) is 0. The Hall–Kier alpha value is -1.63. The maximum Gasteiger partial charge on any atom is 0.123 e. The first kappa shape index (κ1) is 13.8. The molecule has 0 spiro atoms. The summed E-state index contributed by atoms with van der Waals surface area (Å²) in [6.45, 7) is 4.42. The van der Waals surface area contributed by atoms with Crippen molar-refractivity contribution in [1.29, 1.82) is 0 Å². The van der Waals surface area contributed by atoms with Gasteiger partial charge in [0, 0.05) is 5.41 Å². The van der Waals surface area contributed by atoms with Crippen LogP contribution in [0.2, 0.25) is 0 Å². The molecule has 0 radical (unpaired) electrons. The van der Waals surface area contributed by atoms with Gasteiger partial charge in [0.2, 0.25) is 0 Å². The molecule has 2 aromatic carbocycles. The first-order chi connectivity index (χ1) is 9.23. The van der Waals surface area contributed by atoms with E-state index in [-0.39, 0.29) is 11.2 Å². The van der Waals surface area contributed by atoms with Gasteiger partial charge >= 0.3 is 0 Å². The first-order valence-corrected chi connectivity index (χ1v) is 7.04. The van der Waals surface area contributed by atoms with E-state index < -0.39 is 0 Å². The van der Waals surface area contributed by atoms with Gasteiger partial charge in [-0.3, -0.25) is 0 Å². The van der Waals surface area contributed by atoms with Crippen LogP contribution < -0.4 is 0 Å². The maximum absolute atomic E-state index is 13.2. The Kier molecular flexibility index (Phi) is 4.36. The minimum absolute atomic E-state index is 0.00368. The number of hydrogen-bond donors (Lipinski definition) is 0. The standard InChI is InChI=1S/C18H21F/c1-3-14-18(4-2,15-8-6-5-7-9-15)16-10-12-17(19)13-11-16/h5-13H,3-4,14H2,1-2H3. The highest BCUT2D eigenvalue weighted by atomic mass is 19.1. The van der Waals surface area contributed by atoms with Crippen LogP contribution in [0.4, 0.5) is 4.39 Å². The lowest BCUT2D eigenvalue weighted by molar-refractivity contribution is 0.449. The van der Waals surface area contributed by atoms with Gasteiger partial charge in [-0.1, -0.05) is 62.7 Å². The second kappa shape index (κ2) is 6.01. The molecule has 2 rings (SSSR count). The van der Waals surface area contributed by atoms with Crippen LogP contribution in [0.5, 0.6) is 0 Å². The summed E-state index contributed by atoms with van der Waals surface area (Å²) < 4.78 is 13.2. The number of hydrogen-bond acceptors (Lipinski definition) is 0. The number of rotatable bonds is 5. The van der Waals surface area contributed by atoms with E-state index in [4.69, 9.17) is 0 Å². The van der Waals surface area contributed by atoms with Gasteiger partial charge in [0.25, 0.3) is 0 Å². The molecule has 0 saturated heterocycles. The fourth-order valence-corrected chi connectivity index (χ4v) is 2.99. The van der Waals surface area contributed by atoms with Gasteiger partial charge in [-0.15, -0.1) is 0 Å². The Labute approximate surface area is 115 Å². The maximum atomic E-state index is 13.2. The molecular weight excluding hydrogens is 235 g/mol.